The molecule has 1 saturated heterocycles. The maximum absolute atomic E-state index is 12.2. The standard InChI is InChI=1S/C18H26N4O/c1-21(2)10-11-22-9-7-14-5-6-16(12-17(14)22)20-18(23)13-15-4-3-8-19-15/h5-7,9,12,15,19H,3-4,8,10-11,13H2,1-2H3,(H,20,23). The Balaban J connectivity index is 1.68. The van der Waals surface area contributed by atoms with Gasteiger partial charge < -0.3 is 20.1 Å². The number of likely N-dealkylation sites (N-methyl/N-ethyl adjacent to an activating group) is 1. The van der Waals surface area contributed by atoms with Gasteiger partial charge in [-0.2, -0.15) is 0 Å². The van der Waals surface area contributed by atoms with Crippen molar-refractivity contribution in [2.24, 2.45) is 0 Å². The largest absolute Gasteiger partial charge is 0.346 e. The number of carbonyl (C=O) groups excluding carboxylic acids is 1. The highest BCUT2D eigenvalue weighted by Gasteiger charge is 2.17. The summed E-state index contributed by atoms with van der Waals surface area (Å²) in [5, 5.41) is 7.61. The number of aromatic nitrogens is 1. The number of fused-ring (bicyclic) bond motifs is 1. The highest BCUT2D eigenvalue weighted by Crippen LogP contribution is 2.21. The van der Waals surface area contributed by atoms with Crippen molar-refractivity contribution in [3.8, 4) is 0 Å². The molecule has 1 aliphatic heterocycles. The fraction of sp³-hybridized carbons (Fsp3) is 0.500. The van der Waals surface area contributed by atoms with Gasteiger partial charge in [-0.05, 0) is 57.1 Å². The minimum Gasteiger partial charge on any atom is -0.346 e. The zero-order chi connectivity index (χ0) is 16.2. The fourth-order valence-corrected chi connectivity index (χ4v) is 3.13. The van der Waals surface area contributed by atoms with Crippen LogP contribution < -0.4 is 10.6 Å². The van der Waals surface area contributed by atoms with Crippen molar-refractivity contribution in [2.75, 3.05) is 32.5 Å². The van der Waals surface area contributed by atoms with Crippen molar-refractivity contribution in [1.82, 2.24) is 14.8 Å². The molecule has 3 rings (SSSR count). The number of benzene rings is 1. The van der Waals surface area contributed by atoms with Crippen LogP contribution in [-0.2, 0) is 11.3 Å². The van der Waals surface area contributed by atoms with E-state index in [4.69, 9.17) is 0 Å². The lowest BCUT2D eigenvalue weighted by molar-refractivity contribution is -0.116. The lowest BCUT2D eigenvalue weighted by atomic mass is 10.1. The summed E-state index contributed by atoms with van der Waals surface area (Å²) < 4.78 is 2.24. The number of amides is 1. The van der Waals surface area contributed by atoms with Crippen LogP contribution in [0.2, 0.25) is 0 Å². The molecule has 0 saturated carbocycles. The van der Waals surface area contributed by atoms with E-state index in [-0.39, 0.29) is 5.91 Å². The molecule has 1 unspecified atom stereocenters. The topological polar surface area (TPSA) is 49.3 Å². The third-order valence-corrected chi connectivity index (χ3v) is 4.44. The van der Waals surface area contributed by atoms with Crippen LogP contribution in [0.1, 0.15) is 19.3 Å². The molecule has 0 bridgehead atoms. The summed E-state index contributed by atoms with van der Waals surface area (Å²) in [7, 11) is 4.16. The summed E-state index contributed by atoms with van der Waals surface area (Å²) >= 11 is 0. The lowest BCUT2D eigenvalue weighted by Crippen LogP contribution is -2.27. The van der Waals surface area contributed by atoms with Crippen molar-refractivity contribution < 1.29 is 4.79 Å². The molecular weight excluding hydrogens is 288 g/mol. The van der Waals surface area contributed by atoms with Crippen molar-refractivity contribution in [3.63, 3.8) is 0 Å². The van der Waals surface area contributed by atoms with E-state index in [0.29, 0.717) is 12.5 Å². The second kappa shape index (κ2) is 7.15. The fourth-order valence-electron chi connectivity index (χ4n) is 3.13. The van der Waals surface area contributed by atoms with Gasteiger partial charge in [0, 0.05) is 37.4 Å². The first-order valence-corrected chi connectivity index (χ1v) is 8.39. The molecule has 1 aromatic heterocycles. The van der Waals surface area contributed by atoms with E-state index in [1.165, 1.54) is 17.3 Å². The van der Waals surface area contributed by atoms with Crippen LogP contribution in [0, 0.1) is 0 Å². The van der Waals surface area contributed by atoms with E-state index in [1.54, 1.807) is 0 Å². The van der Waals surface area contributed by atoms with Crippen LogP contribution in [0.4, 0.5) is 5.69 Å². The van der Waals surface area contributed by atoms with Crippen molar-refractivity contribution >= 4 is 22.5 Å². The molecule has 0 aliphatic carbocycles. The Bertz CT molecular complexity index is 671. The molecule has 0 spiro atoms. The summed E-state index contributed by atoms with van der Waals surface area (Å²) in [6.45, 7) is 2.97. The Kier molecular flexibility index (Phi) is 4.98. The number of nitrogens with zero attached hydrogens (tertiary/aromatic N) is 2. The molecule has 1 aliphatic rings. The Morgan fingerprint density at radius 3 is 3.00 bits per heavy atom. The van der Waals surface area contributed by atoms with Gasteiger partial charge in [-0.15, -0.1) is 0 Å². The maximum Gasteiger partial charge on any atom is 0.225 e. The van der Waals surface area contributed by atoms with Crippen LogP contribution in [-0.4, -0.2) is 48.6 Å². The molecule has 5 heteroatoms. The van der Waals surface area contributed by atoms with E-state index < -0.39 is 0 Å². The van der Waals surface area contributed by atoms with Crippen LogP contribution in [0.5, 0.6) is 0 Å². The summed E-state index contributed by atoms with van der Waals surface area (Å²) in [5.74, 6) is 0.0927. The van der Waals surface area contributed by atoms with Crippen LogP contribution in [0.25, 0.3) is 10.9 Å². The van der Waals surface area contributed by atoms with E-state index >= 15 is 0 Å². The van der Waals surface area contributed by atoms with E-state index in [0.717, 1.165) is 31.7 Å². The number of carbonyl (C=O) groups is 1. The zero-order valence-corrected chi connectivity index (χ0v) is 14.0. The Morgan fingerprint density at radius 2 is 2.26 bits per heavy atom. The number of anilines is 1. The summed E-state index contributed by atoms with van der Waals surface area (Å²) in [5.41, 5.74) is 2.05. The average Bonchev–Trinajstić information content (AvgIpc) is 3.14. The van der Waals surface area contributed by atoms with Crippen LogP contribution in [0.3, 0.4) is 0 Å². The summed E-state index contributed by atoms with van der Waals surface area (Å²) in [6.07, 6.45) is 4.94. The number of nitrogens with one attached hydrogen (secondary N) is 2. The first kappa shape index (κ1) is 16.0. The normalized spacial score (nSPS) is 18.0. The maximum atomic E-state index is 12.2. The molecular formula is C18H26N4O. The zero-order valence-electron chi connectivity index (χ0n) is 14.0. The Hall–Kier alpha value is -1.85. The molecule has 2 aromatic rings. The summed E-state index contributed by atoms with van der Waals surface area (Å²) in [6, 6.07) is 8.59. The minimum absolute atomic E-state index is 0.0927. The molecule has 5 nitrogen and oxygen atoms in total. The third-order valence-electron chi connectivity index (χ3n) is 4.44. The predicted octanol–water partition coefficient (Wildman–Crippen LogP) is 2.28. The molecule has 0 radical (unpaired) electrons. The summed E-state index contributed by atoms with van der Waals surface area (Å²) in [4.78, 5) is 14.4. The van der Waals surface area contributed by atoms with Gasteiger partial charge in [0.15, 0.2) is 0 Å². The number of rotatable bonds is 6. The van der Waals surface area contributed by atoms with Crippen molar-refractivity contribution in [3.05, 3.63) is 30.5 Å². The van der Waals surface area contributed by atoms with Gasteiger partial charge >= 0.3 is 0 Å². The molecule has 2 heterocycles. The second-order valence-corrected chi connectivity index (χ2v) is 6.63. The molecule has 1 amide bonds. The molecule has 1 aromatic carbocycles. The molecule has 124 valence electrons. The SMILES string of the molecule is CN(C)CCn1ccc2ccc(NC(=O)CC3CCCN3)cc21. The minimum atomic E-state index is 0.0927. The number of hydrogen-bond donors (Lipinski definition) is 2. The Morgan fingerprint density at radius 1 is 1.39 bits per heavy atom. The first-order valence-electron chi connectivity index (χ1n) is 8.39. The van der Waals surface area contributed by atoms with E-state index in [2.05, 4.69) is 58.6 Å². The third kappa shape index (κ3) is 4.12. The van der Waals surface area contributed by atoms with E-state index in [9.17, 15) is 4.79 Å². The van der Waals surface area contributed by atoms with Crippen molar-refractivity contribution in [1.29, 1.82) is 0 Å². The molecule has 2 N–H and O–H groups in total. The smallest absolute Gasteiger partial charge is 0.225 e. The van der Waals surface area contributed by atoms with Crippen LogP contribution in [0.15, 0.2) is 30.5 Å². The average molecular weight is 314 g/mol. The van der Waals surface area contributed by atoms with Gasteiger partial charge in [0.25, 0.3) is 0 Å². The van der Waals surface area contributed by atoms with Gasteiger partial charge in [0.05, 0.1) is 5.52 Å². The van der Waals surface area contributed by atoms with Gasteiger partial charge in [-0.25, -0.2) is 0 Å². The Labute approximate surface area is 137 Å². The molecule has 1 atom stereocenters. The quantitative estimate of drug-likeness (QED) is 0.860. The highest BCUT2D eigenvalue weighted by molar-refractivity contribution is 5.94. The van der Waals surface area contributed by atoms with Gasteiger partial charge in [0.2, 0.25) is 5.91 Å². The van der Waals surface area contributed by atoms with Crippen LogP contribution >= 0.6 is 0 Å². The van der Waals surface area contributed by atoms with E-state index in [1.807, 2.05) is 6.07 Å². The van der Waals surface area contributed by atoms with Gasteiger partial charge in [0.1, 0.15) is 0 Å². The lowest BCUT2D eigenvalue weighted by Gasteiger charge is -2.13. The molecule has 1 fully saturated rings. The van der Waals surface area contributed by atoms with Crippen molar-refractivity contribution in [2.45, 2.75) is 31.8 Å². The monoisotopic (exact) mass is 314 g/mol. The molecule has 23 heavy (non-hydrogen) atoms. The van der Waals surface area contributed by atoms with Gasteiger partial charge in [-0.3, -0.25) is 4.79 Å². The highest BCUT2D eigenvalue weighted by atomic mass is 16.1. The predicted molar refractivity (Wildman–Crippen MR) is 94.8 cm³/mol. The second-order valence-electron chi connectivity index (χ2n) is 6.63. The number of hydrogen-bond acceptors (Lipinski definition) is 3. The first-order chi connectivity index (χ1) is 11.1. The van der Waals surface area contributed by atoms with Gasteiger partial charge in [-0.1, -0.05) is 6.07 Å².